The molecule has 0 aromatic heterocycles. The Balaban J connectivity index is 1.73. The summed E-state index contributed by atoms with van der Waals surface area (Å²) >= 11 is 6.86. The second-order valence-electron chi connectivity index (χ2n) is 6.13. The first-order chi connectivity index (χ1) is 9.65. The molecular weight excluding hydrogens is 382 g/mol. The minimum Gasteiger partial charge on any atom is -0.506 e. The van der Waals surface area contributed by atoms with Crippen LogP contribution in [0.15, 0.2) is 21.1 Å². The van der Waals surface area contributed by atoms with Gasteiger partial charge in [-0.15, -0.1) is 0 Å². The number of phenols is 1. The third-order valence-corrected chi connectivity index (χ3v) is 6.03. The zero-order chi connectivity index (χ0) is 14.1. The summed E-state index contributed by atoms with van der Waals surface area (Å²) in [6.07, 6.45) is 8.39. The van der Waals surface area contributed by atoms with Gasteiger partial charge >= 0.3 is 0 Å². The maximum atomic E-state index is 9.81. The Hall–Kier alpha value is -0.0600. The van der Waals surface area contributed by atoms with Crippen LogP contribution in [0.3, 0.4) is 0 Å². The van der Waals surface area contributed by atoms with Crippen molar-refractivity contribution in [2.24, 2.45) is 5.92 Å². The highest BCUT2D eigenvalue weighted by Crippen LogP contribution is 2.38. The van der Waals surface area contributed by atoms with Crippen LogP contribution in [0.25, 0.3) is 0 Å². The quantitative estimate of drug-likeness (QED) is 0.762. The van der Waals surface area contributed by atoms with Gasteiger partial charge in [-0.1, -0.05) is 12.8 Å². The second kappa shape index (κ2) is 6.37. The lowest BCUT2D eigenvalue weighted by Gasteiger charge is -2.29. The maximum Gasteiger partial charge on any atom is 0.143 e. The summed E-state index contributed by atoms with van der Waals surface area (Å²) in [6, 6.07) is 4.87. The second-order valence-corrected chi connectivity index (χ2v) is 7.84. The molecule has 20 heavy (non-hydrogen) atoms. The molecule has 0 amide bonds. The van der Waals surface area contributed by atoms with E-state index in [1.54, 1.807) is 0 Å². The van der Waals surface area contributed by atoms with E-state index in [0.29, 0.717) is 5.75 Å². The van der Waals surface area contributed by atoms with Gasteiger partial charge in [-0.25, -0.2) is 0 Å². The van der Waals surface area contributed by atoms with Gasteiger partial charge in [0.2, 0.25) is 0 Å². The number of likely N-dealkylation sites (tertiary alicyclic amines) is 1. The molecule has 1 saturated heterocycles. The SMILES string of the molecule is Oc1c(Br)cc(CN2CCCC2C2CCCC2)cc1Br. The summed E-state index contributed by atoms with van der Waals surface area (Å²) < 4.78 is 1.55. The Morgan fingerprint density at radius 2 is 1.70 bits per heavy atom. The molecule has 2 fully saturated rings. The van der Waals surface area contributed by atoms with Crippen LogP contribution in [0.4, 0.5) is 0 Å². The molecule has 1 aliphatic carbocycles. The number of aromatic hydroxyl groups is 1. The van der Waals surface area contributed by atoms with Gasteiger partial charge in [0, 0.05) is 12.6 Å². The predicted octanol–water partition coefficient (Wildman–Crippen LogP) is 5.07. The Morgan fingerprint density at radius 3 is 2.35 bits per heavy atom. The summed E-state index contributed by atoms with van der Waals surface area (Å²) in [7, 11) is 0. The molecule has 1 N–H and O–H groups in total. The first kappa shape index (κ1) is 14.9. The smallest absolute Gasteiger partial charge is 0.143 e. The molecule has 0 bridgehead atoms. The van der Waals surface area contributed by atoms with Crippen LogP contribution < -0.4 is 0 Å². The molecule has 1 saturated carbocycles. The summed E-state index contributed by atoms with van der Waals surface area (Å²) in [4.78, 5) is 2.65. The fourth-order valence-electron chi connectivity index (χ4n) is 3.87. The third kappa shape index (κ3) is 3.07. The van der Waals surface area contributed by atoms with Crippen LogP contribution in [-0.2, 0) is 6.54 Å². The van der Waals surface area contributed by atoms with Crippen molar-refractivity contribution in [1.29, 1.82) is 0 Å². The first-order valence-corrected chi connectivity index (χ1v) is 9.14. The number of rotatable bonds is 3. The third-order valence-electron chi connectivity index (χ3n) is 4.82. The van der Waals surface area contributed by atoms with Crippen LogP contribution >= 0.6 is 31.9 Å². The average molecular weight is 403 g/mol. The van der Waals surface area contributed by atoms with Crippen LogP contribution in [-0.4, -0.2) is 22.6 Å². The molecule has 1 aromatic carbocycles. The fraction of sp³-hybridized carbons (Fsp3) is 0.625. The molecule has 3 rings (SSSR count). The molecule has 1 aromatic rings. The molecule has 110 valence electrons. The zero-order valence-corrected chi connectivity index (χ0v) is 14.8. The number of nitrogens with zero attached hydrogens (tertiary/aromatic N) is 1. The number of benzene rings is 1. The van der Waals surface area contributed by atoms with E-state index >= 15 is 0 Å². The Morgan fingerprint density at radius 1 is 1.05 bits per heavy atom. The van der Waals surface area contributed by atoms with E-state index in [9.17, 15) is 5.11 Å². The van der Waals surface area contributed by atoms with Crippen LogP contribution in [0.5, 0.6) is 5.75 Å². The molecule has 2 nitrogen and oxygen atoms in total. The molecule has 0 radical (unpaired) electrons. The van der Waals surface area contributed by atoms with Crippen molar-refractivity contribution >= 4 is 31.9 Å². The van der Waals surface area contributed by atoms with Gasteiger partial charge in [0.15, 0.2) is 0 Å². The predicted molar refractivity (Wildman–Crippen MR) is 88.9 cm³/mol. The standard InChI is InChI=1S/C16H21Br2NO/c17-13-8-11(9-14(18)16(13)20)10-19-7-3-6-15(19)12-4-1-2-5-12/h8-9,12,15,20H,1-7,10H2. The lowest BCUT2D eigenvalue weighted by molar-refractivity contribution is 0.183. The monoisotopic (exact) mass is 401 g/mol. The van der Waals surface area contributed by atoms with Gasteiger partial charge < -0.3 is 5.11 Å². The van der Waals surface area contributed by atoms with Crippen molar-refractivity contribution in [2.45, 2.75) is 51.1 Å². The van der Waals surface area contributed by atoms with E-state index in [-0.39, 0.29) is 0 Å². The summed E-state index contributed by atoms with van der Waals surface area (Å²) in [6.45, 7) is 2.22. The first-order valence-electron chi connectivity index (χ1n) is 7.56. The topological polar surface area (TPSA) is 23.5 Å². The molecule has 1 heterocycles. The highest BCUT2D eigenvalue weighted by atomic mass is 79.9. The Bertz CT molecular complexity index is 462. The van der Waals surface area contributed by atoms with Crippen molar-refractivity contribution in [3.63, 3.8) is 0 Å². The fourth-order valence-corrected chi connectivity index (χ4v) is 5.15. The minimum atomic E-state index is 0.294. The van der Waals surface area contributed by atoms with Crippen LogP contribution in [0, 0.1) is 5.92 Å². The van der Waals surface area contributed by atoms with E-state index in [2.05, 4.69) is 36.8 Å². The highest BCUT2D eigenvalue weighted by molar-refractivity contribution is 9.11. The van der Waals surface area contributed by atoms with E-state index in [1.807, 2.05) is 12.1 Å². The van der Waals surface area contributed by atoms with E-state index < -0.39 is 0 Å². The summed E-state index contributed by atoms with van der Waals surface area (Å²) in [5.41, 5.74) is 1.27. The van der Waals surface area contributed by atoms with Crippen molar-refractivity contribution in [3.8, 4) is 5.75 Å². The Labute approximate surface area is 137 Å². The lowest BCUT2D eigenvalue weighted by atomic mass is 9.96. The van der Waals surface area contributed by atoms with Gasteiger partial charge in [0.05, 0.1) is 8.95 Å². The van der Waals surface area contributed by atoms with Crippen molar-refractivity contribution in [2.75, 3.05) is 6.54 Å². The molecule has 1 aliphatic heterocycles. The molecule has 4 heteroatoms. The van der Waals surface area contributed by atoms with Gasteiger partial charge in [-0.2, -0.15) is 0 Å². The number of hydrogen-bond donors (Lipinski definition) is 1. The maximum absolute atomic E-state index is 9.81. The normalized spacial score (nSPS) is 24.6. The van der Waals surface area contributed by atoms with Crippen molar-refractivity contribution in [3.05, 3.63) is 26.6 Å². The van der Waals surface area contributed by atoms with Gasteiger partial charge in [0.1, 0.15) is 5.75 Å². The van der Waals surface area contributed by atoms with Crippen molar-refractivity contribution < 1.29 is 5.11 Å². The number of phenolic OH excluding ortho intramolecular Hbond substituents is 1. The summed E-state index contributed by atoms with van der Waals surface area (Å²) in [5, 5.41) is 9.81. The number of hydrogen-bond acceptors (Lipinski definition) is 2. The van der Waals surface area contributed by atoms with Gasteiger partial charge in [0.25, 0.3) is 0 Å². The van der Waals surface area contributed by atoms with E-state index in [4.69, 9.17) is 0 Å². The van der Waals surface area contributed by atoms with Gasteiger partial charge in [-0.3, -0.25) is 4.90 Å². The molecule has 0 spiro atoms. The van der Waals surface area contributed by atoms with Gasteiger partial charge in [-0.05, 0) is 87.7 Å². The molecule has 1 unspecified atom stereocenters. The van der Waals surface area contributed by atoms with E-state index in [1.165, 1.54) is 50.6 Å². The lowest BCUT2D eigenvalue weighted by Crippen LogP contribution is -2.34. The van der Waals surface area contributed by atoms with Crippen LogP contribution in [0.2, 0.25) is 0 Å². The Kier molecular flexibility index (Phi) is 4.73. The van der Waals surface area contributed by atoms with E-state index in [0.717, 1.165) is 27.4 Å². The largest absolute Gasteiger partial charge is 0.506 e. The molecule has 2 aliphatic rings. The highest BCUT2D eigenvalue weighted by Gasteiger charge is 2.33. The average Bonchev–Trinajstić information content (AvgIpc) is 3.05. The van der Waals surface area contributed by atoms with Crippen molar-refractivity contribution in [1.82, 2.24) is 4.90 Å². The molecule has 1 atom stereocenters. The zero-order valence-electron chi connectivity index (χ0n) is 11.6. The van der Waals surface area contributed by atoms with Crippen LogP contribution in [0.1, 0.15) is 44.1 Å². The molecular formula is C16H21Br2NO. The summed E-state index contributed by atoms with van der Waals surface area (Å²) in [5.74, 6) is 1.21. The number of halogens is 2. The minimum absolute atomic E-state index is 0.294.